The maximum atomic E-state index is 13.6. The van der Waals surface area contributed by atoms with E-state index in [1.807, 2.05) is 0 Å². The molecule has 14 nitrogen and oxygen atoms in total. The van der Waals surface area contributed by atoms with Crippen LogP contribution in [-0.2, 0) is 14.3 Å². The Labute approximate surface area is 315 Å². The zero-order valence-electron chi connectivity index (χ0n) is 30.2. The van der Waals surface area contributed by atoms with Crippen LogP contribution in [0.5, 0.6) is 11.5 Å². The normalized spacial score (nSPS) is 12.7. The van der Waals surface area contributed by atoms with E-state index in [0.29, 0.717) is 53.7 Å². The number of piperidine rings is 1. The Morgan fingerprint density at radius 1 is 0.944 bits per heavy atom. The number of fused-ring (bicyclic) bond motifs is 1. The number of methoxy groups -OCH3 is 2. The molecule has 1 fully saturated rings. The summed E-state index contributed by atoms with van der Waals surface area (Å²) in [5, 5.41) is 25.1. The number of aromatic carboxylic acids is 1. The first kappa shape index (κ1) is 41.3. The molecule has 16 heteroatoms. The van der Waals surface area contributed by atoms with E-state index in [0.717, 1.165) is 51.0 Å². The summed E-state index contributed by atoms with van der Waals surface area (Å²) in [5.74, 6) is -2.78. The first-order chi connectivity index (χ1) is 25.8. The minimum absolute atomic E-state index is 0.00675. The lowest BCUT2D eigenvalue weighted by atomic mass is 9.97. The summed E-state index contributed by atoms with van der Waals surface area (Å²) in [5.41, 5.74) is 2.12. The molecule has 4 N–H and O–H groups in total. The quantitative estimate of drug-likeness (QED) is 0.0637. The minimum Gasteiger partial charge on any atom is -0.506 e. The standard InChI is InChI=1S/C27H31ClFN5O4.C11H10O5/c1-36-10-9-34-7-5-18(6-8-34)13-26(35)33-24-15-20-23(16-25(24)38-12-11-37-2)30-17-31-27(20)32-19-3-4-22(29)21(28)14-19;1-5(12)7-3-4-8(11(15)16)10(14)9(7)6(2)13/h3-4,13-17H,5-12H2,1-2H3,(H,33,35)(H,30,31,32);3-4,14H,1-2H3,(H,15,16). The van der Waals surface area contributed by atoms with Gasteiger partial charge in [0.15, 0.2) is 11.6 Å². The number of hydrogen-bond acceptors (Lipinski definition) is 12. The molecule has 2 heterocycles. The second kappa shape index (κ2) is 19.6. The van der Waals surface area contributed by atoms with Crippen LogP contribution in [0.25, 0.3) is 10.9 Å². The Kier molecular flexibility index (Phi) is 14.9. The topological polar surface area (TPSA) is 190 Å². The molecule has 0 saturated carbocycles. The molecule has 0 bridgehead atoms. The van der Waals surface area contributed by atoms with Crippen molar-refractivity contribution in [1.29, 1.82) is 0 Å². The Morgan fingerprint density at radius 2 is 1.65 bits per heavy atom. The number of nitrogens with zero attached hydrogens (tertiary/aromatic N) is 3. The van der Waals surface area contributed by atoms with Crippen molar-refractivity contribution in [2.75, 3.05) is 64.3 Å². The zero-order chi connectivity index (χ0) is 39.4. The summed E-state index contributed by atoms with van der Waals surface area (Å²) in [6, 6.07) is 10.1. The molecule has 1 aliphatic heterocycles. The van der Waals surface area contributed by atoms with Gasteiger partial charge in [-0.3, -0.25) is 14.4 Å². The number of aromatic hydroxyl groups is 1. The van der Waals surface area contributed by atoms with Crippen LogP contribution in [0.3, 0.4) is 0 Å². The van der Waals surface area contributed by atoms with E-state index in [1.54, 1.807) is 38.5 Å². The summed E-state index contributed by atoms with van der Waals surface area (Å²) < 4.78 is 29.8. The third-order valence-corrected chi connectivity index (χ3v) is 8.60. The number of halogens is 2. The average molecular weight is 766 g/mol. The molecule has 1 aliphatic rings. The molecule has 54 heavy (non-hydrogen) atoms. The molecule has 0 aliphatic carbocycles. The number of amides is 1. The van der Waals surface area contributed by atoms with Gasteiger partial charge in [-0.1, -0.05) is 17.2 Å². The van der Waals surface area contributed by atoms with E-state index >= 15 is 0 Å². The number of Topliss-reactive ketones (excluding diaryl/α,β-unsaturated/α-hetero) is 2. The van der Waals surface area contributed by atoms with E-state index in [2.05, 4.69) is 25.5 Å². The molecule has 286 valence electrons. The number of ketones is 2. The van der Waals surface area contributed by atoms with Crippen LogP contribution >= 0.6 is 11.6 Å². The van der Waals surface area contributed by atoms with Gasteiger partial charge in [0.05, 0.1) is 35.0 Å². The number of carbonyl (C=O) groups is 4. The van der Waals surface area contributed by atoms with Gasteiger partial charge < -0.3 is 40.0 Å². The van der Waals surface area contributed by atoms with E-state index in [9.17, 15) is 28.7 Å². The van der Waals surface area contributed by atoms with Crippen LogP contribution in [0.1, 0.15) is 57.8 Å². The molecule has 0 atom stereocenters. The maximum Gasteiger partial charge on any atom is 0.339 e. The molecule has 5 rings (SSSR count). The van der Waals surface area contributed by atoms with E-state index in [1.165, 1.54) is 31.5 Å². The van der Waals surface area contributed by atoms with Gasteiger partial charge in [0.1, 0.15) is 41.6 Å². The highest BCUT2D eigenvalue weighted by Gasteiger charge is 2.22. The van der Waals surface area contributed by atoms with Gasteiger partial charge in [0, 0.05) is 62.6 Å². The number of aromatic nitrogens is 2. The fraction of sp³-hybridized carbons (Fsp3) is 0.316. The Bertz CT molecular complexity index is 2050. The first-order valence-electron chi connectivity index (χ1n) is 16.8. The predicted molar refractivity (Wildman–Crippen MR) is 201 cm³/mol. The zero-order valence-corrected chi connectivity index (χ0v) is 31.0. The third kappa shape index (κ3) is 11.0. The number of carboxylic acids is 1. The first-order valence-corrected chi connectivity index (χ1v) is 17.2. The Hall–Kier alpha value is -5.48. The molecule has 3 aromatic carbocycles. The van der Waals surface area contributed by atoms with Crippen LogP contribution in [0.2, 0.25) is 5.02 Å². The van der Waals surface area contributed by atoms with Crippen molar-refractivity contribution < 1.29 is 48.0 Å². The van der Waals surface area contributed by atoms with Crippen molar-refractivity contribution in [3.05, 3.63) is 88.0 Å². The van der Waals surface area contributed by atoms with Crippen LogP contribution in [-0.4, -0.2) is 102 Å². The predicted octanol–water partition coefficient (Wildman–Crippen LogP) is 6.29. The summed E-state index contributed by atoms with van der Waals surface area (Å²) in [6.07, 6.45) is 4.73. The van der Waals surface area contributed by atoms with Gasteiger partial charge >= 0.3 is 5.97 Å². The number of ether oxygens (including phenoxy) is 3. The number of hydrogen-bond donors (Lipinski definition) is 4. The fourth-order valence-corrected chi connectivity index (χ4v) is 5.72. The lowest BCUT2D eigenvalue weighted by molar-refractivity contribution is -0.112. The van der Waals surface area contributed by atoms with Crippen molar-refractivity contribution in [2.24, 2.45) is 0 Å². The number of phenols is 1. The molecule has 0 spiro atoms. The lowest BCUT2D eigenvalue weighted by Crippen LogP contribution is -2.33. The fourth-order valence-electron chi connectivity index (χ4n) is 5.54. The molecule has 0 unspecified atom stereocenters. The highest BCUT2D eigenvalue weighted by Crippen LogP contribution is 2.34. The molecular formula is C38H41ClFN5O9. The highest BCUT2D eigenvalue weighted by molar-refractivity contribution is 6.31. The van der Waals surface area contributed by atoms with Gasteiger partial charge in [-0.2, -0.15) is 0 Å². The van der Waals surface area contributed by atoms with Crippen molar-refractivity contribution in [3.8, 4) is 11.5 Å². The molecule has 0 radical (unpaired) electrons. The van der Waals surface area contributed by atoms with Crippen LogP contribution < -0.4 is 15.4 Å². The maximum absolute atomic E-state index is 13.6. The summed E-state index contributed by atoms with van der Waals surface area (Å²) in [6.45, 7) is 6.45. The Balaban J connectivity index is 0.000000340. The van der Waals surface area contributed by atoms with Gasteiger partial charge in [0.25, 0.3) is 0 Å². The number of carboxylic acid groups (broad SMARTS) is 1. The average Bonchev–Trinajstić information content (AvgIpc) is 3.13. The van der Waals surface area contributed by atoms with Crippen LogP contribution in [0, 0.1) is 5.82 Å². The number of rotatable bonds is 14. The number of nitrogens with one attached hydrogen (secondary N) is 2. The number of likely N-dealkylation sites (tertiary alicyclic amines) is 1. The molecule has 1 saturated heterocycles. The molecular weight excluding hydrogens is 725 g/mol. The highest BCUT2D eigenvalue weighted by atomic mass is 35.5. The van der Waals surface area contributed by atoms with Crippen molar-refractivity contribution in [2.45, 2.75) is 26.7 Å². The third-order valence-electron chi connectivity index (χ3n) is 8.31. The van der Waals surface area contributed by atoms with Crippen molar-refractivity contribution in [3.63, 3.8) is 0 Å². The summed E-state index contributed by atoms with van der Waals surface area (Å²) >= 11 is 5.94. The van der Waals surface area contributed by atoms with Gasteiger partial charge in [-0.05, 0) is 63.1 Å². The lowest BCUT2D eigenvalue weighted by Gasteiger charge is -2.27. The smallest absolute Gasteiger partial charge is 0.339 e. The van der Waals surface area contributed by atoms with Gasteiger partial charge in [-0.25, -0.2) is 19.2 Å². The minimum atomic E-state index is -1.35. The second-order valence-electron chi connectivity index (χ2n) is 12.1. The van der Waals surface area contributed by atoms with E-state index in [-0.39, 0.29) is 22.1 Å². The molecule has 4 aromatic rings. The van der Waals surface area contributed by atoms with Crippen molar-refractivity contribution >= 4 is 63.1 Å². The van der Waals surface area contributed by atoms with Crippen molar-refractivity contribution in [1.82, 2.24) is 14.9 Å². The van der Waals surface area contributed by atoms with Crippen LogP contribution in [0.15, 0.2) is 60.4 Å². The summed E-state index contributed by atoms with van der Waals surface area (Å²) in [4.78, 5) is 57.2. The second-order valence-corrected chi connectivity index (χ2v) is 12.5. The van der Waals surface area contributed by atoms with Crippen LogP contribution in [0.4, 0.5) is 21.6 Å². The monoisotopic (exact) mass is 765 g/mol. The largest absolute Gasteiger partial charge is 0.506 e. The van der Waals surface area contributed by atoms with Gasteiger partial charge in [0.2, 0.25) is 5.91 Å². The number of anilines is 3. The van der Waals surface area contributed by atoms with E-state index in [4.69, 9.17) is 30.9 Å². The molecule has 1 amide bonds. The number of carbonyl (C=O) groups excluding carboxylic acids is 3. The van der Waals surface area contributed by atoms with E-state index < -0.39 is 34.7 Å². The Morgan fingerprint density at radius 3 is 2.28 bits per heavy atom. The molecule has 1 aromatic heterocycles. The SMILES string of the molecule is CC(=O)c1ccc(C(=O)O)c(O)c1C(C)=O.COCCOc1cc2ncnc(Nc3ccc(F)c(Cl)c3)c2cc1NC(=O)C=C1CCN(CCOC)CC1. The summed E-state index contributed by atoms with van der Waals surface area (Å²) in [7, 11) is 3.29. The van der Waals surface area contributed by atoms with Gasteiger partial charge in [-0.15, -0.1) is 0 Å². The number of benzene rings is 3.